The van der Waals surface area contributed by atoms with Crippen LogP contribution < -0.4 is 5.32 Å². The Labute approximate surface area is 220 Å². The Kier molecular flexibility index (Phi) is 5.12. The van der Waals surface area contributed by atoms with E-state index in [1.54, 1.807) is 35.2 Å². The Bertz CT molecular complexity index is 1860. The minimum Gasteiger partial charge on any atom is -0.357 e. The highest BCUT2D eigenvalue weighted by Gasteiger charge is 2.35. The molecule has 9 nitrogen and oxygen atoms in total. The molecule has 0 radical (unpaired) electrons. The molecular formula is C28H20F2N8O. The van der Waals surface area contributed by atoms with Crippen LogP contribution in [0.25, 0.3) is 28.3 Å². The molecule has 5 aromatic heterocycles. The van der Waals surface area contributed by atoms with Gasteiger partial charge in [0, 0.05) is 55.3 Å². The minimum atomic E-state index is -0.744. The smallest absolute Gasteiger partial charge is 0.257 e. The van der Waals surface area contributed by atoms with E-state index in [-0.39, 0.29) is 17.2 Å². The summed E-state index contributed by atoms with van der Waals surface area (Å²) in [6, 6.07) is 12.3. The lowest BCUT2D eigenvalue weighted by Gasteiger charge is -2.10. The minimum absolute atomic E-state index is 0.127. The van der Waals surface area contributed by atoms with E-state index in [4.69, 9.17) is 5.10 Å². The van der Waals surface area contributed by atoms with Crippen molar-refractivity contribution in [2.75, 3.05) is 5.32 Å². The largest absolute Gasteiger partial charge is 0.357 e. The Balaban J connectivity index is 1.24. The first-order chi connectivity index (χ1) is 18.9. The highest BCUT2D eigenvalue weighted by molar-refractivity contribution is 6.03. The fourth-order valence-electron chi connectivity index (χ4n) is 4.92. The number of aryl methyl sites for hydroxylation is 1. The third-order valence-electron chi connectivity index (χ3n) is 6.81. The Morgan fingerprint density at radius 3 is 2.56 bits per heavy atom. The molecule has 1 N–H and O–H groups in total. The summed E-state index contributed by atoms with van der Waals surface area (Å²) in [7, 11) is 2.01. The number of pyridine rings is 1. The quantitative estimate of drug-likeness (QED) is 0.321. The van der Waals surface area contributed by atoms with Crippen LogP contribution in [0.4, 0.5) is 14.6 Å². The summed E-state index contributed by atoms with van der Waals surface area (Å²) in [5.74, 6) is -1.00. The third-order valence-corrected chi connectivity index (χ3v) is 6.81. The molecule has 0 spiro atoms. The molecule has 1 aromatic carbocycles. The van der Waals surface area contributed by atoms with Crippen LogP contribution in [0.1, 0.15) is 27.4 Å². The summed E-state index contributed by atoms with van der Waals surface area (Å²) < 4.78 is 32.8. The molecule has 1 aliphatic carbocycles. The number of amides is 1. The highest BCUT2D eigenvalue weighted by Crippen LogP contribution is 2.46. The van der Waals surface area contributed by atoms with E-state index in [1.165, 1.54) is 35.5 Å². The summed E-state index contributed by atoms with van der Waals surface area (Å²) in [4.78, 5) is 25.1. The summed E-state index contributed by atoms with van der Waals surface area (Å²) in [5.41, 5.74) is 6.14. The lowest BCUT2D eigenvalue weighted by Crippen LogP contribution is -2.12. The van der Waals surface area contributed by atoms with Gasteiger partial charge < -0.3 is 14.5 Å². The van der Waals surface area contributed by atoms with Gasteiger partial charge in [0.1, 0.15) is 11.5 Å². The van der Waals surface area contributed by atoms with Crippen LogP contribution in [-0.4, -0.2) is 39.6 Å². The van der Waals surface area contributed by atoms with Gasteiger partial charge in [0.15, 0.2) is 11.5 Å². The summed E-state index contributed by atoms with van der Waals surface area (Å²) in [6.07, 6.45) is 8.85. The number of carbonyl (C=O) groups excluding carboxylic acids is 1. The van der Waals surface area contributed by atoms with E-state index in [1.807, 2.05) is 13.1 Å². The topological polar surface area (TPSA) is 94.9 Å². The third kappa shape index (κ3) is 4.13. The van der Waals surface area contributed by atoms with Gasteiger partial charge in [-0.05, 0) is 53.6 Å². The van der Waals surface area contributed by atoms with Gasteiger partial charge in [-0.1, -0.05) is 0 Å². The second-order valence-corrected chi connectivity index (χ2v) is 9.46. The summed E-state index contributed by atoms with van der Waals surface area (Å²) >= 11 is 0. The van der Waals surface area contributed by atoms with Crippen molar-refractivity contribution in [3.63, 3.8) is 0 Å². The van der Waals surface area contributed by atoms with E-state index >= 15 is 0 Å². The van der Waals surface area contributed by atoms with Gasteiger partial charge in [0.25, 0.3) is 5.91 Å². The van der Waals surface area contributed by atoms with Crippen molar-refractivity contribution in [2.45, 2.75) is 12.5 Å². The van der Waals surface area contributed by atoms with Gasteiger partial charge in [0.05, 0.1) is 23.9 Å². The monoisotopic (exact) mass is 522 g/mol. The predicted molar refractivity (Wildman–Crippen MR) is 139 cm³/mol. The molecule has 0 bridgehead atoms. The molecule has 0 atom stereocenters. The van der Waals surface area contributed by atoms with Gasteiger partial charge >= 0.3 is 0 Å². The molecule has 6 aromatic rings. The molecule has 0 saturated heterocycles. The maximum Gasteiger partial charge on any atom is 0.257 e. The number of hydrogen-bond donors (Lipinski definition) is 1. The Morgan fingerprint density at radius 2 is 1.79 bits per heavy atom. The number of imidazole rings is 2. The van der Waals surface area contributed by atoms with Crippen LogP contribution in [-0.2, 0) is 13.6 Å². The van der Waals surface area contributed by atoms with Crippen molar-refractivity contribution in [1.29, 1.82) is 0 Å². The van der Waals surface area contributed by atoms with Gasteiger partial charge in [-0.3, -0.25) is 4.79 Å². The molecule has 1 amide bonds. The molecule has 192 valence electrons. The van der Waals surface area contributed by atoms with Gasteiger partial charge in [0.2, 0.25) is 5.95 Å². The lowest BCUT2D eigenvalue weighted by molar-refractivity contribution is 0.102. The Hall–Kier alpha value is -5.19. The molecular weight excluding hydrogens is 502 g/mol. The number of halogens is 2. The predicted octanol–water partition coefficient (Wildman–Crippen LogP) is 4.67. The van der Waals surface area contributed by atoms with Crippen LogP contribution in [0.15, 0.2) is 79.6 Å². The second kappa shape index (κ2) is 8.69. The van der Waals surface area contributed by atoms with Crippen LogP contribution in [0.5, 0.6) is 0 Å². The maximum absolute atomic E-state index is 13.7. The molecule has 0 saturated carbocycles. The number of nitrogens with zero attached hydrogens (tertiary/aromatic N) is 7. The molecule has 11 heteroatoms. The zero-order valence-corrected chi connectivity index (χ0v) is 20.6. The van der Waals surface area contributed by atoms with Crippen LogP contribution in [0, 0.1) is 11.8 Å². The van der Waals surface area contributed by atoms with Crippen molar-refractivity contribution in [1.82, 2.24) is 33.7 Å². The number of carbonyl (C=O) groups is 1. The SMILES string of the molecule is Cn1cc2c(c1)C2Cn1cnc(-c2ccc(F)cc2)c1-c1ccc2nc(NC(=O)c3ccnc(F)c3)cn2n1. The molecule has 0 fully saturated rings. The molecule has 7 rings (SSSR count). The average molecular weight is 523 g/mol. The van der Waals surface area contributed by atoms with Crippen molar-refractivity contribution in [3.05, 3.63) is 108 Å². The van der Waals surface area contributed by atoms with Gasteiger partial charge in [-0.2, -0.15) is 9.49 Å². The number of hydrogen-bond acceptors (Lipinski definition) is 5. The van der Waals surface area contributed by atoms with Gasteiger partial charge in [-0.25, -0.2) is 23.9 Å². The zero-order chi connectivity index (χ0) is 26.7. The number of fused-ring (bicyclic) bond motifs is 2. The van der Waals surface area contributed by atoms with E-state index < -0.39 is 11.9 Å². The number of anilines is 1. The molecule has 0 unspecified atom stereocenters. The van der Waals surface area contributed by atoms with E-state index in [9.17, 15) is 13.6 Å². The molecule has 1 aliphatic rings. The number of benzene rings is 1. The molecule has 5 heterocycles. The first-order valence-electron chi connectivity index (χ1n) is 12.2. The highest BCUT2D eigenvalue weighted by atomic mass is 19.1. The fourth-order valence-corrected chi connectivity index (χ4v) is 4.92. The first-order valence-corrected chi connectivity index (χ1v) is 12.2. The molecule has 39 heavy (non-hydrogen) atoms. The van der Waals surface area contributed by atoms with Gasteiger partial charge in [-0.15, -0.1) is 0 Å². The zero-order valence-electron chi connectivity index (χ0n) is 20.6. The fraction of sp³-hybridized carbons (Fsp3) is 0.107. The maximum atomic E-state index is 13.7. The number of aromatic nitrogens is 7. The second-order valence-electron chi connectivity index (χ2n) is 9.46. The van der Waals surface area contributed by atoms with Crippen molar-refractivity contribution in [2.24, 2.45) is 7.05 Å². The molecule has 0 aliphatic heterocycles. The van der Waals surface area contributed by atoms with Crippen LogP contribution in [0.2, 0.25) is 0 Å². The van der Waals surface area contributed by atoms with E-state index in [0.29, 0.717) is 29.5 Å². The first kappa shape index (κ1) is 23.0. The Morgan fingerprint density at radius 1 is 1.00 bits per heavy atom. The summed E-state index contributed by atoms with van der Waals surface area (Å²) in [5, 5.41) is 7.44. The normalized spacial score (nSPS) is 12.6. The van der Waals surface area contributed by atoms with Crippen molar-refractivity contribution in [3.8, 4) is 22.6 Å². The van der Waals surface area contributed by atoms with Crippen molar-refractivity contribution >= 4 is 17.4 Å². The van der Waals surface area contributed by atoms with Crippen LogP contribution >= 0.6 is 0 Å². The number of rotatable bonds is 6. The summed E-state index contributed by atoms with van der Waals surface area (Å²) in [6.45, 7) is 0.697. The standard InChI is InChI=1S/C28H20F2N8O/c1-36-11-19-20(12-36)21(19)13-37-15-32-26(16-2-4-18(29)5-3-16)27(37)22-6-7-25-33-24(14-38(25)35-22)34-28(39)17-8-9-31-23(30)10-17/h2-12,14-15,21H,13H2,1H3,(H,34,39). The average Bonchev–Trinajstić information content (AvgIpc) is 3.32. The van der Waals surface area contributed by atoms with E-state index in [2.05, 4.69) is 41.8 Å². The lowest BCUT2D eigenvalue weighted by atomic mass is 10.1. The number of nitrogens with one attached hydrogen (secondary N) is 1. The van der Waals surface area contributed by atoms with E-state index in [0.717, 1.165) is 17.3 Å². The van der Waals surface area contributed by atoms with Crippen molar-refractivity contribution < 1.29 is 13.6 Å². The van der Waals surface area contributed by atoms with Crippen LogP contribution in [0.3, 0.4) is 0 Å².